The van der Waals surface area contributed by atoms with Crippen LogP contribution < -0.4 is 10.1 Å². The molecule has 1 unspecified atom stereocenters. The van der Waals surface area contributed by atoms with E-state index >= 15 is 0 Å². The van der Waals surface area contributed by atoms with Crippen LogP contribution in [0.1, 0.15) is 25.8 Å². The Morgan fingerprint density at radius 3 is 2.82 bits per heavy atom. The van der Waals surface area contributed by atoms with E-state index < -0.39 is 0 Å². The second-order valence-electron chi connectivity index (χ2n) is 4.41. The Hall–Kier alpha value is -0.730. The summed E-state index contributed by atoms with van der Waals surface area (Å²) in [5, 5.41) is 4.14. The zero-order valence-corrected chi connectivity index (χ0v) is 11.7. The number of halogens is 1. The molecule has 1 atom stereocenters. The molecule has 0 radical (unpaired) electrons. The molecule has 0 aliphatic heterocycles. The number of rotatable bonds is 7. The molecule has 0 saturated carbocycles. The lowest BCUT2D eigenvalue weighted by atomic mass is 10.0. The topological polar surface area (TPSA) is 21.3 Å². The predicted octanol–water partition coefficient (Wildman–Crippen LogP) is 3.53. The molecular formula is C14H22ClNO. The summed E-state index contributed by atoms with van der Waals surface area (Å²) in [4.78, 5) is 0. The summed E-state index contributed by atoms with van der Waals surface area (Å²) >= 11 is 6.00. The molecule has 0 aliphatic carbocycles. The van der Waals surface area contributed by atoms with Crippen LogP contribution in [0.15, 0.2) is 18.2 Å². The lowest BCUT2D eigenvalue weighted by Gasteiger charge is -2.13. The fourth-order valence-electron chi connectivity index (χ4n) is 1.84. The standard InChI is InChI=1S/C14H22ClNO/c1-4-16-10-11(2)5-6-12-9-13(15)7-8-14(12)17-3/h7-9,11,16H,4-6,10H2,1-3H3. The Morgan fingerprint density at radius 2 is 2.18 bits per heavy atom. The van der Waals surface area contributed by atoms with Gasteiger partial charge in [0.05, 0.1) is 7.11 Å². The zero-order chi connectivity index (χ0) is 12.7. The lowest BCUT2D eigenvalue weighted by Crippen LogP contribution is -2.20. The summed E-state index contributed by atoms with van der Waals surface area (Å²) in [6.07, 6.45) is 2.15. The van der Waals surface area contributed by atoms with Crippen molar-refractivity contribution in [3.05, 3.63) is 28.8 Å². The number of benzene rings is 1. The van der Waals surface area contributed by atoms with Gasteiger partial charge in [-0.1, -0.05) is 25.4 Å². The minimum absolute atomic E-state index is 0.665. The zero-order valence-electron chi connectivity index (χ0n) is 10.9. The number of methoxy groups -OCH3 is 1. The summed E-state index contributed by atoms with van der Waals surface area (Å²) in [6, 6.07) is 5.80. The van der Waals surface area contributed by atoms with E-state index in [0.717, 1.165) is 36.7 Å². The van der Waals surface area contributed by atoms with Crippen LogP contribution in [-0.2, 0) is 6.42 Å². The largest absolute Gasteiger partial charge is 0.496 e. The summed E-state index contributed by atoms with van der Waals surface area (Å²) in [5.74, 6) is 1.60. The molecule has 96 valence electrons. The lowest BCUT2D eigenvalue weighted by molar-refractivity contribution is 0.406. The second kappa shape index (κ2) is 7.57. The molecule has 0 fully saturated rings. The Labute approximate surface area is 109 Å². The fraction of sp³-hybridized carbons (Fsp3) is 0.571. The molecule has 0 amide bonds. The molecule has 2 nitrogen and oxygen atoms in total. The van der Waals surface area contributed by atoms with E-state index in [1.807, 2.05) is 18.2 Å². The molecule has 0 saturated heterocycles. The van der Waals surface area contributed by atoms with Gasteiger partial charge in [0.1, 0.15) is 5.75 Å². The first-order valence-corrected chi connectivity index (χ1v) is 6.58. The maximum atomic E-state index is 6.00. The van der Waals surface area contributed by atoms with Crippen molar-refractivity contribution in [3.63, 3.8) is 0 Å². The van der Waals surface area contributed by atoms with Gasteiger partial charge < -0.3 is 10.1 Å². The molecule has 1 rings (SSSR count). The molecule has 17 heavy (non-hydrogen) atoms. The number of aryl methyl sites for hydroxylation is 1. The van der Waals surface area contributed by atoms with Crippen molar-refractivity contribution in [2.75, 3.05) is 20.2 Å². The molecule has 1 N–H and O–H groups in total. The Balaban J connectivity index is 2.52. The first-order chi connectivity index (χ1) is 8.17. The van der Waals surface area contributed by atoms with Gasteiger partial charge in [-0.15, -0.1) is 0 Å². The fourth-order valence-corrected chi connectivity index (χ4v) is 2.03. The first kappa shape index (κ1) is 14.3. The first-order valence-electron chi connectivity index (χ1n) is 6.20. The third-order valence-electron chi connectivity index (χ3n) is 2.89. The molecule has 0 aromatic heterocycles. The van der Waals surface area contributed by atoms with Crippen molar-refractivity contribution in [2.45, 2.75) is 26.7 Å². The highest BCUT2D eigenvalue weighted by Crippen LogP contribution is 2.24. The van der Waals surface area contributed by atoms with E-state index in [1.54, 1.807) is 7.11 Å². The minimum atomic E-state index is 0.665. The number of nitrogens with one attached hydrogen (secondary N) is 1. The van der Waals surface area contributed by atoms with Crippen molar-refractivity contribution in [1.82, 2.24) is 5.32 Å². The Bertz CT molecular complexity index is 341. The maximum absolute atomic E-state index is 6.00. The van der Waals surface area contributed by atoms with Gasteiger partial charge in [0, 0.05) is 5.02 Å². The maximum Gasteiger partial charge on any atom is 0.122 e. The average Bonchev–Trinajstić information content (AvgIpc) is 2.34. The molecule has 0 heterocycles. The van der Waals surface area contributed by atoms with Crippen molar-refractivity contribution >= 4 is 11.6 Å². The van der Waals surface area contributed by atoms with Crippen molar-refractivity contribution in [1.29, 1.82) is 0 Å². The summed E-state index contributed by atoms with van der Waals surface area (Å²) < 4.78 is 5.34. The highest BCUT2D eigenvalue weighted by Gasteiger charge is 2.07. The highest BCUT2D eigenvalue weighted by atomic mass is 35.5. The summed E-state index contributed by atoms with van der Waals surface area (Å²) in [6.45, 7) is 6.50. The third-order valence-corrected chi connectivity index (χ3v) is 3.13. The third kappa shape index (κ3) is 4.97. The van der Waals surface area contributed by atoms with E-state index in [2.05, 4.69) is 19.2 Å². The van der Waals surface area contributed by atoms with Gasteiger partial charge >= 0.3 is 0 Å². The normalized spacial score (nSPS) is 12.5. The smallest absolute Gasteiger partial charge is 0.122 e. The van der Waals surface area contributed by atoms with Crippen molar-refractivity contribution in [2.24, 2.45) is 5.92 Å². The van der Waals surface area contributed by atoms with Gasteiger partial charge in [-0.2, -0.15) is 0 Å². The van der Waals surface area contributed by atoms with Crippen LogP contribution in [0.4, 0.5) is 0 Å². The number of hydrogen-bond donors (Lipinski definition) is 1. The van der Waals surface area contributed by atoms with E-state index in [4.69, 9.17) is 16.3 Å². The summed E-state index contributed by atoms with van der Waals surface area (Å²) in [5.41, 5.74) is 1.20. The van der Waals surface area contributed by atoms with E-state index in [1.165, 1.54) is 5.56 Å². The van der Waals surface area contributed by atoms with Gasteiger partial charge in [0.2, 0.25) is 0 Å². The van der Waals surface area contributed by atoms with Crippen LogP contribution >= 0.6 is 11.6 Å². The van der Waals surface area contributed by atoms with E-state index in [9.17, 15) is 0 Å². The average molecular weight is 256 g/mol. The predicted molar refractivity (Wildman–Crippen MR) is 74.0 cm³/mol. The Morgan fingerprint density at radius 1 is 1.41 bits per heavy atom. The molecule has 3 heteroatoms. The van der Waals surface area contributed by atoms with Crippen LogP contribution in [0.3, 0.4) is 0 Å². The highest BCUT2D eigenvalue weighted by molar-refractivity contribution is 6.30. The van der Waals surface area contributed by atoms with Gasteiger partial charge in [-0.25, -0.2) is 0 Å². The molecule has 1 aromatic carbocycles. The van der Waals surface area contributed by atoms with Crippen LogP contribution in [0.2, 0.25) is 5.02 Å². The van der Waals surface area contributed by atoms with E-state index in [-0.39, 0.29) is 0 Å². The molecule has 0 bridgehead atoms. The summed E-state index contributed by atoms with van der Waals surface area (Å²) in [7, 11) is 1.70. The van der Waals surface area contributed by atoms with Crippen LogP contribution in [-0.4, -0.2) is 20.2 Å². The molecular weight excluding hydrogens is 234 g/mol. The van der Waals surface area contributed by atoms with Crippen molar-refractivity contribution < 1.29 is 4.74 Å². The molecule has 0 aliphatic rings. The van der Waals surface area contributed by atoms with Gasteiger partial charge in [0.15, 0.2) is 0 Å². The second-order valence-corrected chi connectivity index (χ2v) is 4.84. The van der Waals surface area contributed by atoms with Gasteiger partial charge in [-0.05, 0) is 55.6 Å². The van der Waals surface area contributed by atoms with Gasteiger partial charge in [-0.3, -0.25) is 0 Å². The number of hydrogen-bond acceptors (Lipinski definition) is 2. The van der Waals surface area contributed by atoms with E-state index in [0.29, 0.717) is 5.92 Å². The number of ether oxygens (including phenoxy) is 1. The van der Waals surface area contributed by atoms with Crippen LogP contribution in [0.5, 0.6) is 5.75 Å². The van der Waals surface area contributed by atoms with Crippen LogP contribution in [0.25, 0.3) is 0 Å². The quantitative estimate of drug-likeness (QED) is 0.805. The monoisotopic (exact) mass is 255 g/mol. The minimum Gasteiger partial charge on any atom is -0.496 e. The molecule has 1 aromatic rings. The Kier molecular flexibility index (Phi) is 6.38. The van der Waals surface area contributed by atoms with Crippen molar-refractivity contribution in [3.8, 4) is 5.75 Å². The van der Waals surface area contributed by atoms with Crippen LogP contribution in [0, 0.1) is 5.92 Å². The molecule has 0 spiro atoms. The SMILES string of the molecule is CCNCC(C)CCc1cc(Cl)ccc1OC. The van der Waals surface area contributed by atoms with Gasteiger partial charge in [0.25, 0.3) is 0 Å².